The topological polar surface area (TPSA) is 72.1 Å². The number of H-pyrrole nitrogens is 1. The van der Waals surface area contributed by atoms with Crippen LogP contribution in [0.4, 0.5) is 10.5 Å². The smallest absolute Gasteiger partial charge is 0.284 e. The minimum absolute atomic E-state index is 0.183. The molecular formula is C22H26N4O2. The van der Waals surface area contributed by atoms with Crippen molar-refractivity contribution in [3.63, 3.8) is 0 Å². The Morgan fingerprint density at radius 1 is 1.25 bits per heavy atom. The molecule has 1 fully saturated rings. The highest BCUT2D eigenvalue weighted by molar-refractivity contribution is 5.80. The van der Waals surface area contributed by atoms with Crippen molar-refractivity contribution in [1.29, 1.82) is 0 Å². The molecule has 0 radical (unpaired) electrons. The predicted molar refractivity (Wildman–Crippen MR) is 107 cm³/mol. The lowest BCUT2D eigenvalue weighted by molar-refractivity contribution is -0.918. The predicted octanol–water partition coefficient (Wildman–Crippen LogP) is 3.78. The average molecular weight is 378 g/mol. The molecule has 1 aliphatic rings. The largest absolute Gasteiger partial charge is 0.496 e. The van der Waals surface area contributed by atoms with Crippen LogP contribution in [0.2, 0.25) is 0 Å². The number of anilines is 1. The number of aromatic amines is 1. The third-order valence-corrected chi connectivity index (χ3v) is 5.85. The van der Waals surface area contributed by atoms with E-state index in [1.54, 1.807) is 12.4 Å². The number of carbonyl (C=O) groups excluding carboxylic acids is 1. The second-order valence-electron chi connectivity index (χ2n) is 7.48. The van der Waals surface area contributed by atoms with Crippen molar-refractivity contribution in [2.45, 2.75) is 38.6 Å². The van der Waals surface area contributed by atoms with Gasteiger partial charge < -0.3 is 14.9 Å². The Balaban J connectivity index is 1.86. The number of fused-ring (bicyclic) bond motifs is 1. The molecule has 1 saturated heterocycles. The van der Waals surface area contributed by atoms with Gasteiger partial charge >= 0.3 is 0 Å². The minimum atomic E-state index is -1.04. The normalized spacial score (nSPS) is 22.2. The third kappa shape index (κ3) is 3.03. The summed E-state index contributed by atoms with van der Waals surface area (Å²) in [5, 5.41) is 15.9. The van der Waals surface area contributed by atoms with E-state index in [0.717, 1.165) is 47.8 Å². The first-order chi connectivity index (χ1) is 13.7. The second kappa shape index (κ2) is 7.64. The fourth-order valence-corrected chi connectivity index (χ4v) is 4.60. The number of carbonyl (C=O) groups is 1. The second-order valence-corrected chi connectivity index (χ2v) is 7.48. The highest BCUT2D eigenvalue weighted by Gasteiger charge is 2.48. The van der Waals surface area contributed by atoms with Crippen molar-refractivity contribution >= 4 is 22.7 Å². The number of amides is 1. The van der Waals surface area contributed by atoms with Gasteiger partial charge in [-0.15, -0.1) is 0 Å². The van der Waals surface area contributed by atoms with Crippen molar-refractivity contribution in [2.24, 2.45) is 0 Å². The molecule has 146 valence electrons. The van der Waals surface area contributed by atoms with Gasteiger partial charge in [0.05, 0.1) is 12.2 Å². The fraction of sp³-hybridized carbons (Fsp3) is 0.364. The van der Waals surface area contributed by atoms with Crippen molar-refractivity contribution < 1.29 is 14.5 Å². The molecule has 3 heterocycles. The van der Waals surface area contributed by atoms with Gasteiger partial charge in [-0.2, -0.15) is 4.59 Å². The number of carboxylic acid groups (broad SMARTS) is 1. The summed E-state index contributed by atoms with van der Waals surface area (Å²) in [6.45, 7) is 3.24. The van der Waals surface area contributed by atoms with E-state index in [4.69, 9.17) is 0 Å². The van der Waals surface area contributed by atoms with E-state index in [-0.39, 0.29) is 10.6 Å². The molecule has 0 aliphatic carbocycles. The van der Waals surface area contributed by atoms with E-state index in [1.165, 1.54) is 0 Å². The summed E-state index contributed by atoms with van der Waals surface area (Å²) in [6, 6.07) is 11.8. The maximum atomic E-state index is 12.8. The number of piperidine rings is 1. The maximum absolute atomic E-state index is 12.8. The maximum Gasteiger partial charge on any atom is 0.284 e. The molecule has 0 spiro atoms. The Morgan fingerprint density at radius 3 is 2.82 bits per heavy atom. The van der Waals surface area contributed by atoms with Gasteiger partial charge in [0.1, 0.15) is 12.6 Å². The van der Waals surface area contributed by atoms with Crippen molar-refractivity contribution in [3.05, 3.63) is 60.6 Å². The number of quaternary nitrogens is 1. The number of aromatic nitrogens is 2. The van der Waals surface area contributed by atoms with Crippen LogP contribution in [-0.2, 0) is 0 Å². The Hall–Kier alpha value is -2.86. The average Bonchev–Trinajstić information content (AvgIpc) is 3.20. The van der Waals surface area contributed by atoms with Crippen LogP contribution in [0.5, 0.6) is 0 Å². The van der Waals surface area contributed by atoms with E-state index < -0.39 is 6.09 Å². The lowest BCUT2D eigenvalue weighted by Gasteiger charge is -2.52. The number of hydrogen-bond acceptors (Lipinski definition) is 4. The number of rotatable bonds is 5. The first-order valence-corrected chi connectivity index (χ1v) is 10.0. The molecule has 6 heteroatoms. The Morgan fingerprint density at radius 2 is 2.07 bits per heavy atom. The number of likely N-dealkylation sites (tertiary alicyclic amines) is 1. The lowest BCUT2D eigenvalue weighted by atomic mass is 9.93. The standard InChI is InChI=1S/C22H26N4O2/c1-2-14-25(19-9-11-23-12-10-19)26(22(27)28)15-4-3-5-21(26)18-6-7-20-17(16-18)8-13-24-20/h6-13,16,21,24H,2-5,14-15H2,1H3. The molecule has 1 N–H and O–H groups in total. The van der Waals surface area contributed by atoms with Gasteiger partial charge in [0.15, 0.2) is 0 Å². The highest BCUT2D eigenvalue weighted by atomic mass is 16.4. The van der Waals surface area contributed by atoms with Crippen molar-refractivity contribution in [3.8, 4) is 0 Å². The molecule has 0 saturated carbocycles. The van der Waals surface area contributed by atoms with Gasteiger partial charge in [-0.25, -0.2) is 5.01 Å². The first kappa shape index (κ1) is 18.5. The SMILES string of the molecule is CCCN(c1ccncc1)[N+]1(C(=O)[O-])CCCCC1c1ccc2[nH]ccc2c1. The zero-order valence-electron chi connectivity index (χ0n) is 16.2. The Bertz CT molecular complexity index is 955. The van der Waals surface area contributed by atoms with E-state index in [2.05, 4.69) is 29.0 Å². The van der Waals surface area contributed by atoms with Crippen molar-refractivity contribution in [1.82, 2.24) is 9.97 Å². The molecular weight excluding hydrogens is 352 g/mol. The van der Waals surface area contributed by atoms with E-state index in [1.807, 2.05) is 35.5 Å². The zero-order valence-corrected chi connectivity index (χ0v) is 16.2. The van der Waals surface area contributed by atoms with Crippen LogP contribution in [0.3, 0.4) is 0 Å². The summed E-state index contributed by atoms with van der Waals surface area (Å²) >= 11 is 0. The molecule has 1 aliphatic heterocycles. The number of nitrogens with one attached hydrogen (secondary N) is 1. The van der Waals surface area contributed by atoms with Crippen molar-refractivity contribution in [2.75, 3.05) is 18.1 Å². The molecule has 2 unspecified atom stereocenters. The Kier molecular flexibility index (Phi) is 5.05. The minimum Gasteiger partial charge on any atom is -0.496 e. The molecule has 0 bridgehead atoms. The Labute approximate surface area is 165 Å². The van der Waals surface area contributed by atoms with Crippen LogP contribution < -0.4 is 10.1 Å². The summed E-state index contributed by atoms with van der Waals surface area (Å²) in [5.41, 5.74) is 2.98. The summed E-state index contributed by atoms with van der Waals surface area (Å²) in [6.07, 6.45) is 7.85. The van der Waals surface area contributed by atoms with E-state index in [0.29, 0.717) is 13.1 Å². The van der Waals surface area contributed by atoms with Gasteiger partial charge in [0, 0.05) is 36.1 Å². The molecule has 4 rings (SSSR count). The van der Waals surface area contributed by atoms with Crippen LogP contribution in [0.1, 0.15) is 44.2 Å². The monoisotopic (exact) mass is 378 g/mol. The summed E-state index contributed by atoms with van der Waals surface area (Å²) < 4.78 is -0.187. The van der Waals surface area contributed by atoms with Crippen LogP contribution in [0, 0.1) is 0 Å². The molecule has 2 aromatic heterocycles. The van der Waals surface area contributed by atoms with Crippen LogP contribution in [-0.4, -0.2) is 33.7 Å². The summed E-state index contributed by atoms with van der Waals surface area (Å²) in [7, 11) is 0. The molecule has 1 aromatic carbocycles. The zero-order chi connectivity index (χ0) is 19.6. The van der Waals surface area contributed by atoms with Crippen LogP contribution >= 0.6 is 0 Å². The quantitative estimate of drug-likeness (QED) is 0.686. The molecule has 2 atom stereocenters. The highest BCUT2D eigenvalue weighted by Crippen LogP contribution is 2.42. The molecule has 3 aromatic rings. The molecule has 28 heavy (non-hydrogen) atoms. The number of hydrogen-bond donors (Lipinski definition) is 1. The van der Waals surface area contributed by atoms with Crippen LogP contribution in [0.15, 0.2) is 55.0 Å². The molecule has 1 amide bonds. The number of benzene rings is 1. The first-order valence-electron chi connectivity index (χ1n) is 10.0. The number of pyridine rings is 1. The van der Waals surface area contributed by atoms with Gasteiger partial charge in [-0.05, 0) is 55.0 Å². The molecule has 6 nitrogen and oxygen atoms in total. The van der Waals surface area contributed by atoms with Crippen LogP contribution in [0.25, 0.3) is 10.9 Å². The summed E-state index contributed by atoms with van der Waals surface area (Å²) in [5.74, 6) is 0. The van der Waals surface area contributed by atoms with E-state index in [9.17, 15) is 9.90 Å². The lowest BCUT2D eigenvalue weighted by Crippen LogP contribution is -2.70. The van der Waals surface area contributed by atoms with Gasteiger partial charge in [0.25, 0.3) is 6.09 Å². The third-order valence-electron chi connectivity index (χ3n) is 5.85. The fourth-order valence-electron chi connectivity index (χ4n) is 4.60. The van der Waals surface area contributed by atoms with Gasteiger partial charge in [0.2, 0.25) is 0 Å². The van der Waals surface area contributed by atoms with Gasteiger partial charge in [-0.3, -0.25) is 4.98 Å². The van der Waals surface area contributed by atoms with Gasteiger partial charge in [-0.1, -0.05) is 13.0 Å². The summed E-state index contributed by atoms with van der Waals surface area (Å²) in [4.78, 5) is 20.1. The van der Waals surface area contributed by atoms with E-state index >= 15 is 0 Å². The number of nitrogens with zero attached hydrogens (tertiary/aromatic N) is 3.